The van der Waals surface area contributed by atoms with Gasteiger partial charge in [0.1, 0.15) is 5.76 Å². The molecular formula is C13H19N3O2. The van der Waals surface area contributed by atoms with Gasteiger partial charge in [-0.05, 0) is 19.8 Å². The molecule has 0 bridgehead atoms. The maximum atomic E-state index is 5.26. The van der Waals surface area contributed by atoms with E-state index in [0.717, 1.165) is 22.8 Å². The minimum atomic E-state index is 0.261. The van der Waals surface area contributed by atoms with Crippen LogP contribution in [0.4, 0.5) is 0 Å². The minimum absolute atomic E-state index is 0.261. The first-order valence-electron chi connectivity index (χ1n) is 6.24. The van der Waals surface area contributed by atoms with Crippen molar-refractivity contribution in [1.82, 2.24) is 15.3 Å². The van der Waals surface area contributed by atoms with Gasteiger partial charge < -0.3 is 9.05 Å². The molecule has 2 aromatic rings. The van der Waals surface area contributed by atoms with Crippen LogP contribution in [0.3, 0.4) is 0 Å². The Balaban J connectivity index is 2.13. The van der Waals surface area contributed by atoms with Gasteiger partial charge in [-0.25, -0.2) is 0 Å². The lowest BCUT2D eigenvalue weighted by Gasteiger charge is -2.07. The molecule has 1 unspecified atom stereocenters. The van der Waals surface area contributed by atoms with Gasteiger partial charge in [-0.3, -0.25) is 0 Å². The van der Waals surface area contributed by atoms with Crippen LogP contribution in [0.25, 0.3) is 0 Å². The molecule has 18 heavy (non-hydrogen) atoms. The summed E-state index contributed by atoms with van der Waals surface area (Å²) >= 11 is 0. The summed E-state index contributed by atoms with van der Waals surface area (Å²) < 4.78 is 10.4. The summed E-state index contributed by atoms with van der Waals surface area (Å²) in [6.45, 7) is 10.1. The molecule has 0 amide bonds. The number of hydrogen-bond donors (Lipinski definition) is 0. The first-order valence-corrected chi connectivity index (χ1v) is 6.24. The van der Waals surface area contributed by atoms with Crippen molar-refractivity contribution in [3.05, 3.63) is 28.7 Å². The van der Waals surface area contributed by atoms with Gasteiger partial charge in [0.2, 0.25) is 5.89 Å². The fourth-order valence-corrected chi connectivity index (χ4v) is 2.14. The fourth-order valence-electron chi connectivity index (χ4n) is 2.14. The van der Waals surface area contributed by atoms with E-state index in [1.165, 1.54) is 0 Å². The Labute approximate surface area is 107 Å². The predicted octanol–water partition coefficient (Wildman–Crippen LogP) is 3.14. The van der Waals surface area contributed by atoms with Crippen LogP contribution in [-0.2, 0) is 6.42 Å². The minimum Gasteiger partial charge on any atom is -0.361 e. The van der Waals surface area contributed by atoms with Gasteiger partial charge in [0.15, 0.2) is 5.82 Å². The highest BCUT2D eigenvalue weighted by Gasteiger charge is 2.20. The van der Waals surface area contributed by atoms with E-state index in [1.54, 1.807) is 0 Å². The van der Waals surface area contributed by atoms with Crippen LogP contribution in [0.5, 0.6) is 0 Å². The number of aryl methyl sites for hydroxylation is 2. The summed E-state index contributed by atoms with van der Waals surface area (Å²) in [5.41, 5.74) is 2.07. The molecule has 2 aromatic heterocycles. The Bertz CT molecular complexity index is 509. The van der Waals surface area contributed by atoms with Crippen LogP contribution in [0.1, 0.15) is 61.3 Å². The lowest BCUT2D eigenvalue weighted by atomic mass is 9.96. The van der Waals surface area contributed by atoms with E-state index >= 15 is 0 Å². The lowest BCUT2D eigenvalue weighted by molar-refractivity contribution is 0.363. The van der Waals surface area contributed by atoms with E-state index in [0.29, 0.717) is 12.3 Å². The summed E-state index contributed by atoms with van der Waals surface area (Å²) in [5.74, 6) is 2.85. The van der Waals surface area contributed by atoms with E-state index in [1.807, 2.05) is 27.7 Å². The molecule has 0 radical (unpaired) electrons. The standard InChI is InChI=1S/C13H19N3O2/c1-7(2)13-14-11(18-16-13)6-8(3)12-9(4)15-17-10(12)5/h7-8H,6H2,1-5H3. The number of hydrogen-bond acceptors (Lipinski definition) is 5. The third-order valence-corrected chi connectivity index (χ3v) is 3.06. The molecule has 0 fully saturated rings. The Hall–Kier alpha value is -1.65. The summed E-state index contributed by atoms with van der Waals surface area (Å²) in [6, 6.07) is 0. The van der Waals surface area contributed by atoms with E-state index in [2.05, 4.69) is 22.2 Å². The first kappa shape index (κ1) is 12.8. The van der Waals surface area contributed by atoms with Crippen molar-refractivity contribution in [3.63, 3.8) is 0 Å². The van der Waals surface area contributed by atoms with Crippen molar-refractivity contribution in [2.45, 2.75) is 52.9 Å². The summed E-state index contributed by atoms with van der Waals surface area (Å²) in [4.78, 5) is 4.39. The SMILES string of the molecule is Cc1noc(C)c1C(C)Cc1nc(C(C)C)no1. The second kappa shape index (κ2) is 4.92. The second-order valence-corrected chi connectivity index (χ2v) is 5.04. The Kier molecular flexibility index (Phi) is 3.50. The molecule has 5 nitrogen and oxygen atoms in total. The molecule has 0 saturated carbocycles. The van der Waals surface area contributed by atoms with E-state index < -0.39 is 0 Å². The summed E-state index contributed by atoms with van der Waals surface area (Å²) in [6.07, 6.45) is 0.711. The third-order valence-electron chi connectivity index (χ3n) is 3.06. The Morgan fingerprint density at radius 2 is 1.78 bits per heavy atom. The lowest BCUT2D eigenvalue weighted by Crippen LogP contribution is -2.01. The molecule has 2 rings (SSSR count). The van der Waals surface area contributed by atoms with E-state index in [-0.39, 0.29) is 11.8 Å². The summed E-state index contributed by atoms with van der Waals surface area (Å²) in [7, 11) is 0. The molecule has 0 aliphatic carbocycles. The van der Waals surface area contributed by atoms with Gasteiger partial charge in [-0.2, -0.15) is 4.98 Å². The van der Waals surface area contributed by atoms with Crippen LogP contribution in [0.15, 0.2) is 9.05 Å². The predicted molar refractivity (Wildman–Crippen MR) is 66.5 cm³/mol. The smallest absolute Gasteiger partial charge is 0.227 e. The second-order valence-electron chi connectivity index (χ2n) is 5.04. The highest BCUT2D eigenvalue weighted by Crippen LogP contribution is 2.26. The van der Waals surface area contributed by atoms with Gasteiger partial charge in [0, 0.05) is 17.9 Å². The molecule has 0 N–H and O–H groups in total. The van der Waals surface area contributed by atoms with Crippen LogP contribution in [0.2, 0.25) is 0 Å². The molecule has 5 heteroatoms. The van der Waals surface area contributed by atoms with Crippen molar-refractivity contribution in [2.24, 2.45) is 0 Å². The Morgan fingerprint density at radius 1 is 1.06 bits per heavy atom. The van der Waals surface area contributed by atoms with E-state index in [4.69, 9.17) is 9.05 Å². The number of rotatable bonds is 4. The summed E-state index contributed by atoms with van der Waals surface area (Å²) in [5, 5.41) is 7.94. The normalized spacial score (nSPS) is 13.2. The van der Waals surface area contributed by atoms with E-state index in [9.17, 15) is 0 Å². The molecular weight excluding hydrogens is 230 g/mol. The molecule has 0 aliphatic rings. The molecule has 0 aromatic carbocycles. The average molecular weight is 249 g/mol. The molecule has 0 spiro atoms. The van der Waals surface area contributed by atoms with Crippen LogP contribution in [0, 0.1) is 13.8 Å². The molecule has 0 aliphatic heterocycles. The molecule has 2 heterocycles. The van der Waals surface area contributed by atoms with Crippen molar-refractivity contribution in [3.8, 4) is 0 Å². The zero-order chi connectivity index (χ0) is 13.3. The fraction of sp³-hybridized carbons (Fsp3) is 0.615. The maximum Gasteiger partial charge on any atom is 0.227 e. The van der Waals surface area contributed by atoms with Gasteiger partial charge in [-0.15, -0.1) is 0 Å². The molecule has 98 valence electrons. The third kappa shape index (κ3) is 2.44. The maximum absolute atomic E-state index is 5.26. The highest BCUT2D eigenvalue weighted by atomic mass is 16.5. The van der Waals surface area contributed by atoms with Gasteiger partial charge in [-0.1, -0.05) is 31.1 Å². The zero-order valence-corrected chi connectivity index (χ0v) is 11.5. The quantitative estimate of drug-likeness (QED) is 0.832. The number of nitrogens with zero attached hydrogens (tertiary/aromatic N) is 3. The topological polar surface area (TPSA) is 65.0 Å². The highest BCUT2D eigenvalue weighted by molar-refractivity contribution is 5.25. The van der Waals surface area contributed by atoms with Crippen LogP contribution >= 0.6 is 0 Å². The van der Waals surface area contributed by atoms with Gasteiger partial charge in [0.05, 0.1) is 5.69 Å². The van der Waals surface area contributed by atoms with Crippen molar-refractivity contribution in [1.29, 1.82) is 0 Å². The van der Waals surface area contributed by atoms with Crippen molar-refractivity contribution in [2.75, 3.05) is 0 Å². The zero-order valence-electron chi connectivity index (χ0n) is 11.5. The Morgan fingerprint density at radius 3 is 2.28 bits per heavy atom. The van der Waals surface area contributed by atoms with Crippen LogP contribution in [-0.4, -0.2) is 15.3 Å². The van der Waals surface area contributed by atoms with Gasteiger partial charge >= 0.3 is 0 Å². The van der Waals surface area contributed by atoms with Gasteiger partial charge in [0.25, 0.3) is 0 Å². The average Bonchev–Trinajstić information content (AvgIpc) is 2.86. The molecule has 0 saturated heterocycles. The van der Waals surface area contributed by atoms with Crippen LogP contribution < -0.4 is 0 Å². The molecule has 1 atom stereocenters. The monoisotopic (exact) mass is 249 g/mol. The first-order chi connectivity index (χ1) is 8.49. The largest absolute Gasteiger partial charge is 0.361 e. The van der Waals surface area contributed by atoms with Crippen molar-refractivity contribution < 1.29 is 9.05 Å². The van der Waals surface area contributed by atoms with Crippen molar-refractivity contribution >= 4 is 0 Å². The number of aromatic nitrogens is 3.